The molecule has 0 spiro atoms. The molecular weight excluding hydrogens is 386 g/mol. The van der Waals surface area contributed by atoms with Gasteiger partial charge < -0.3 is 9.47 Å². The van der Waals surface area contributed by atoms with Crippen molar-refractivity contribution in [1.82, 2.24) is 13.8 Å². The second kappa shape index (κ2) is 8.00. The van der Waals surface area contributed by atoms with E-state index >= 15 is 0 Å². The van der Waals surface area contributed by atoms with Crippen molar-refractivity contribution in [3.63, 3.8) is 0 Å². The molecule has 7 heteroatoms. The second-order valence-electron chi connectivity index (χ2n) is 7.44. The second-order valence-corrected chi connectivity index (χ2v) is 9.42. The topological polar surface area (TPSA) is 62.6 Å². The molecule has 1 aliphatic rings. The first-order chi connectivity index (χ1) is 13.9. The molecule has 1 aromatic heterocycles. The number of rotatable bonds is 4. The summed E-state index contributed by atoms with van der Waals surface area (Å²) in [6.45, 7) is 2.04. The summed E-state index contributed by atoms with van der Waals surface area (Å²) in [5.41, 5.74) is 3.09. The van der Waals surface area contributed by atoms with Gasteiger partial charge in [-0.15, -0.1) is 0 Å². The third-order valence-electron chi connectivity index (χ3n) is 5.45. The van der Waals surface area contributed by atoms with Gasteiger partial charge in [0.05, 0.1) is 6.26 Å². The monoisotopic (exact) mass is 411 g/mol. The SMILES string of the molecule is CS(=O)(=O)N1CCCN(C(=O)Cn2c(-c3ccccc3)cc3ccccc32)CC1. The van der Waals surface area contributed by atoms with Crippen molar-refractivity contribution >= 4 is 26.8 Å². The lowest BCUT2D eigenvalue weighted by atomic mass is 10.1. The number of hydrogen-bond acceptors (Lipinski definition) is 3. The number of para-hydroxylation sites is 1. The fraction of sp³-hybridized carbons (Fsp3) is 0.318. The van der Waals surface area contributed by atoms with Crippen LogP contribution >= 0.6 is 0 Å². The van der Waals surface area contributed by atoms with E-state index in [0.717, 1.165) is 22.2 Å². The molecule has 0 saturated carbocycles. The number of fused-ring (bicyclic) bond motifs is 1. The number of hydrogen-bond donors (Lipinski definition) is 0. The molecule has 152 valence electrons. The molecule has 0 aliphatic carbocycles. The summed E-state index contributed by atoms with van der Waals surface area (Å²) in [5.74, 6) is 0.0129. The average molecular weight is 412 g/mol. The summed E-state index contributed by atoms with van der Waals surface area (Å²) in [6, 6.07) is 20.2. The van der Waals surface area contributed by atoms with E-state index in [9.17, 15) is 13.2 Å². The Morgan fingerprint density at radius 1 is 0.931 bits per heavy atom. The molecule has 0 radical (unpaired) electrons. The van der Waals surface area contributed by atoms with Gasteiger partial charge in [0.2, 0.25) is 15.9 Å². The van der Waals surface area contributed by atoms with Gasteiger partial charge in [0.15, 0.2) is 0 Å². The van der Waals surface area contributed by atoms with Crippen LogP contribution in [0.3, 0.4) is 0 Å². The van der Waals surface area contributed by atoms with Gasteiger partial charge in [-0.05, 0) is 24.1 Å². The summed E-state index contributed by atoms with van der Waals surface area (Å²) >= 11 is 0. The molecule has 1 fully saturated rings. The van der Waals surface area contributed by atoms with Crippen LogP contribution in [0.1, 0.15) is 6.42 Å². The first-order valence-corrected chi connectivity index (χ1v) is 11.6. The van der Waals surface area contributed by atoms with E-state index in [-0.39, 0.29) is 12.5 Å². The zero-order chi connectivity index (χ0) is 20.4. The molecule has 3 aromatic rings. The van der Waals surface area contributed by atoms with Gasteiger partial charge in [-0.25, -0.2) is 12.7 Å². The standard InChI is InChI=1S/C22H25N3O3S/c1-29(27,28)24-13-7-12-23(14-15-24)22(26)17-25-20-11-6-5-10-19(20)16-21(25)18-8-3-2-4-9-18/h2-6,8-11,16H,7,12-15,17H2,1H3. The molecule has 1 aliphatic heterocycles. The van der Waals surface area contributed by atoms with E-state index in [4.69, 9.17) is 0 Å². The Bertz CT molecular complexity index is 1120. The van der Waals surface area contributed by atoms with Crippen molar-refractivity contribution in [3.8, 4) is 11.3 Å². The number of sulfonamides is 1. The van der Waals surface area contributed by atoms with Gasteiger partial charge in [-0.1, -0.05) is 48.5 Å². The Hall–Kier alpha value is -2.64. The molecule has 2 heterocycles. The Kier molecular flexibility index (Phi) is 5.43. The highest BCUT2D eigenvalue weighted by atomic mass is 32.2. The molecular formula is C22H25N3O3S. The fourth-order valence-corrected chi connectivity index (χ4v) is 4.81. The minimum absolute atomic E-state index is 0.0129. The van der Waals surface area contributed by atoms with Crippen LogP contribution in [0.2, 0.25) is 0 Å². The summed E-state index contributed by atoms with van der Waals surface area (Å²) in [6.07, 6.45) is 1.87. The molecule has 0 unspecified atom stereocenters. The summed E-state index contributed by atoms with van der Waals surface area (Å²) < 4.78 is 27.2. The fourth-order valence-electron chi connectivity index (χ4n) is 3.94. The van der Waals surface area contributed by atoms with Gasteiger partial charge in [0, 0.05) is 42.8 Å². The number of nitrogens with zero attached hydrogens (tertiary/aromatic N) is 3. The molecule has 0 bridgehead atoms. The number of aromatic nitrogens is 1. The summed E-state index contributed by atoms with van der Waals surface area (Å²) in [7, 11) is -3.23. The van der Waals surface area contributed by atoms with Crippen molar-refractivity contribution in [2.24, 2.45) is 0 Å². The predicted octanol–water partition coefficient (Wildman–Crippen LogP) is 2.80. The van der Waals surface area contributed by atoms with E-state index in [0.29, 0.717) is 32.6 Å². The number of carbonyl (C=O) groups excluding carboxylic acids is 1. The molecule has 6 nitrogen and oxygen atoms in total. The highest BCUT2D eigenvalue weighted by molar-refractivity contribution is 7.88. The van der Waals surface area contributed by atoms with Crippen LogP contribution in [-0.2, 0) is 21.4 Å². The van der Waals surface area contributed by atoms with Gasteiger partial charge in [-0.2, -0.15) is 0 Å². The Balaban J connectivity index is 1.61. The number of amides is 1. The van der Waals surface area contributed by atoms with Gasteiger partial charge in [-0.3, -0.25) is 4.79 Å². The summed E-state index contributed by atoms with van der Waals surface area (Å²) in [4.78, 5) is 14.9. The van der Waals surface area contributed by atoms with Crippen LogP contribution in [0.25, 0.3) is 22.2 Å². The van der Waals surface area contributed by atoms with Crippen LogP contribution in [0.5, 0.6) is 0 Å². The zero-order valence-electron chi connectivity index (χ0n) is 16.5. The highest BCUT2D eigenvalue weighted by Crippen LogP contribution is 2.28. The largest absolute Gasteiger partial charge is 0.340 e. The number of carbonyl (C=O) groups is 1. The highest BCUT2D eigenvalue weighted by Gasteiger charge is 2.24. The normalized spacial score (nSPS) is 16.1. The Labute approximate surface area is 171 Å². The van der Waals surface area contributed by atoms with Crippen LogP contribution in [-0.4, -0.2) is 60.5 Å². The van der Waals surface area contributed by atoms with Gasteiger partial charge in [0.1, 0.15) is 6.54 Å². The maximum Gasteiger partial charge on any atom is 0.242 e. The van der Waals surface area contributed by atoms with E-state index in [2.05, 4.69) is 16.7 Å². The van der Waals surface area contributed by atoms with E-state index in [1.165, 1.54) is 10.6 Å². The van der Waals surface area contributed by atoms with Crippen molar-refractivity contribution in [2.75, 3.05) is 32.4 Å². The van der Waals surface area contributed by atoms with Crippen LogP contribution in [0.15, 0.2) is 60.7 Å². The van der Waals surface area contributed by atoms with Crippen molar-refractivity contribution < 1.29 is 13.2 Å². The molecule has 0 N–H and O–H groups in total. The van der Waals surface area contributed by atoms with Crippen molar-refractivity contribution in [3.05, 3.63) is 60.7 Å². The third kappa shape index (κ3) is 4.21. The van der Waals surface area contributed by atoms with Crippen molar-refractivity contribution in [1.29, 1.82) is 0 Å². The first-order valence-electron chi connectivity index (χ1n) is 9.80. The van der Waals surface area contributed by atoms with Gasteiger partial charge >= 0.3 is 0 Å². The van der Waals surface area contributed by atoms with Crippen LogP contribution in [0.4, 0.5) is 0 Å². The lowest BCUT2D eigenvalue weighted by Crippen LogP contribution is -2.38. The van der Waals surface area contributed by atoms with E-state index in [1.54, 1.807) is 4.90 Å². The van der Waals surface area contributed by atoms with E-state index in [1.807, 2.05) is 48.5 Å². The smallest absolute Gasteiger partial charge is 0.242 e. The minimum atomic E-state index is -3.23. The lowest BCUT2D eigenvalue weighted by Gasteiger charge is -2.22. The quantitative estimate of drug-likeness (QED) is 0.663. The van der Waals surface area contributed by atoms with Crippen LogP contribution in [0, 0.1) is 0 Å². The minimum Gasteiger partial charge on any atom is -0.340 e. The molecule has 1 saturated heterocycles. The molecule has 29 heavy (non-hydrogen) atoms. The Morgan fingerprint density at radius 2 is 1.66 bits per heavy atom. The predicted molar refractivity (Wildman–Crippen MR) is 115 cm³/mol. The molecule has 2 aromatic carbocycles. The lowest BCUT2D eigenvalue weighted by molar-refractivity contribution is -0.131. The molecule has 0 atom stereocenters. The Morgan fingerprint density at radius 3 is 2.41 bits per heavy atom. The maximum atomic E-state index is 13.1. The molecule has 4 rings (SSSR count). The average Bonchev–Trinajstić information content (AvgIpc) is 2.89. The maximum absolute atomic E-state index is 13.1. The van der Waals surface area contributed by atoms with Gasteiger partial charge in [0.25, 0.3) is 0 Å². The molecule has 1 amide bonds. The van der Waals surface area contributed by atoms with Crippen molar-refractivity contribution in [2.45, 2.75) is 13.0 Å². The first kappa shape index (κ1) is 19.7. The third-order valence-corrected chi connectivity index (χ3v) is 6.75. The van der Waals surface area contributed by atoms with E-state index < -0.39 is 10.0 Å². The van der Waals surface area contributed by atoms with Crippen LogP contribution < -0.4 is 0 Å². The zero-order valence-corrected chi connectivity index (χ0v) is 17.3. The number of benzene rings is 2. The summed E-state index contributed by atoms with van der Waals surface area (Å²) in [5, 5.41) is 1.10.